The molecule has 3 amide bonds. The lowest BCUT2D eigenvalue weighted by Crippen LogP contribution is -2.50. The van der Waals surface area contributed by atoms with Crippen LogP contribution in [0.3, 0.4) is 0 Å². The van der Waals surface area contributed by atoms with Gasteiger partial charge in [0.15, 0.2) is 0 Å². The lowest BCUT2D eigenvalue weighted by molar-refractivity contribution is -0.139. The Morgan fingerprint density at radius 3 is 2.10 bits per heavy atom. The third kappa shape index (κ3) is 7.34. The summed E-state index contributed by atoms with van der Waals surface area (Å²) >= 11 is 1.09. The number of carboxylic acid groups (broad SMARTS) is 1. The predicted octanol–water partition coefficient (Wildman–Crippen LogP) is 0.534. The van der Waals surface area contributed by atoms with Crippen molar-refractivity contribution >= 4 is 29.7 Å². The van der Waals surface area contributed by atoms with Gasteiger partial charge in [0.25, 0.3) is 0 Å². The summed E-state index contributed by atoms with van der Waals surface area (Å²) in [4.78, 5) is 33.9. The molecule has 0 rings (SSSR count). The van der Waals surface area contributed by atoms with E-state index in [4.69, 9.17) is 10.8 Å². The zero-order chi connectivity index (χ0) is 16.1. The van der Waals surface area contributed by atoms with Crippen LogP contribution in [0.4, 0.5) is 4.79 Å². The zero-order valence-electron chi connectivity index (χ0n) is 12.4. The normalized spacial score (nSPS) is 13.5. The number of amides is 3. The molecule has 116 valence electrons. The van der Waals surface area contributed by atoms with Crippen LogP contribution in [0.1, 0.15) is 34.6 Å². The van der Waals surface area contributed by atoms with E-state index in [1.807, 2.05) is 0 Å². The Labute approximate surface area is 123 Å². The van der Waals surface area contributed by atoms with Crippen molar-refractivity contribution in [1.29, 1.82) is 0 Å². The Morgan fingerprint density at radius 1 is 1.20 bits per heavy atom. The molecular formula is C12H23N3O4S. The first-order valence-electron chi connectivity index (χ1n) is 6.09. The third-order valence-corrected chi connectivity index (χ3v) is 3.74. The van der Waals surface area contributed by atoms with E-state index in [2.05, 4.69) is 10.6 Å². The molecule has 0 heterocycles. The minimum absolute atomic E-state index is 0.0501. The van der Waals surface area contributed by atoms with Gasteiger partial charge >= 0.3 is 12.0 Å². The van der Waals surface area contributed by atoms with E-state index >= 15 is 0 Å². The summed E-state index contributed by atoms with van der Waals surface area (Å²) in [5, 5.41) is 13.6. The molecule has 0 fully saturated rings. The standard InChI is InChI=1S/C12H23N3O4S/c1-11(2,3)15-10(19)14-7(16)6-20-12(4,5)8(13)9(17)18/h8H,6,13H2,1-5H3,(H,17,18)(H2,14,15,16,19)/t8-/m0/s1. The molecule has 0 aliphatic rings. The summed E-state index contributed by atoms with van der Waals surface area (Å²) in [7, 11) is 0. The van der Waals surface area contributed by atoms with Crippen LogP contribution in [0.5, 0.6) is 0 Å². The van der Waals surface area contributed by atoms with Crippen LogP contribution in [-0.2, 0) is 9.59 Å². The maximum Gasteiger partial charge on any atom is 0.321 e. The zero-order valence-corrected chi connectivity index (χ0v) is 13.3. The van der Waals surface area contributed by atoms with Crippen molar-refractivity contribution in [2.45, 2.75) is 50.9 Å². The average Bonchev–Trinajstić information content (AvgIpc) is 2.22. The van der Waals surface area contributed by atoms with Crippen LogP contribution in [0, 0.1) is 0 Å². The molecule has 1 atom stereocenters. The van der Waals surface area contributed by atoms with Gasteiger partial charge in [-0.15, -0.1) is 11.8 Å². The Bertz CT molecular complexity index is 391. The van der Waals surface area contributed by atoms with Crippen LogP contribution in [0.15, 0.2) is 0 Å². The summed E-state index contributed by atoms with van der Waals surface area (Å²) in [5.41, 5.74) is 5.09. The fraction of sp³-hybridized carbons (Fsp3) is 0.750. The highest BCUT2D eigenvalue weighted by molar-refractivity contribution is 8.01. The highest BCUT2D eigenvalue weighted by atomic mass is 32.2. The monoisotopic (exact) mass is 305 g/mol. The first-order chi connectivity index (χ1) is 8.85. The molecule has 0 aliphatic heterocycles. The van der Waals surface area contributed by atoms with Gasteiger partial charge in [0.05, 0.1) is 5.75 Å². The molecule has 0 saturated heterocycles. The number of thioether (sulfide) groups is 1. The Hall–Kier alpha value is -1.28. The summed E-state index contributed by atoms with van der Waals surface area (Å²) < 4.78 is -0.816. The summed E-state index contributed by atoms with van der Waals surface area (Å²) in [6, 6.07) is -1.67. The van der Waals surface area contributed by atoms with Gasteiger partial charge in [0.1, 0.15) is 6.04 Å². The number of hydrogen-bond acceptors (Lipinski definition) is 5. The lowest BCUT2D eigenvalue weighted by atomic mass is 10.1. The van der Waals surface area contributed by atoms with Crippen molar-refractivity contribution in [3.8, 4) is 0 Å². The highest BCUT2D eigenvalue weighted by Crippen LogP contribution is 2.27. The van der Waals surface area contributed by atoms with Gasteiger partial charge < -0.3 is 16.2 Å². The predicted molar refractivity (Wildman–Crippen MR) is 78.6 cm³/mol. The molecule has 7 nitrogen and oxygen atoms in total. The van der Waals surface area contributed by atoms with E-state index in [-0.39, 0.29) is 5.75 Å². The first-order valence-corrected chi connectivity index (χ1v) is 7.08. The van der Waals surface area contributed by atoms with Crippen LogP contribution in [0.25, 0.3) is 0 Å². The van der Waals surface area contributed by atoms with Crippen molar-refractivity contribution < 1.29 is 19.5 Å². The molecule has 0 bridgehead atoms. The van der Waals surface area contributed by atoms with Gasteiger partial charge in [0, 0.05) is 10.3 Å². The van der Waals surface area contributed by atoms with Crippen LogP contribution in [0.2, 0.25) is 0 Å². The van der Waals surface area contributed by atoms with E-state index < -0.39 is 34.2 Å². The molecular weight excluding hydrogens is 282 g/mol. The Kier molecular flexibility index (Phi) is 6.49. The fourth-order valence-electron chi connectivity index (χ4n) is 1.17. The van der Waals surface area contributed by atoms with Gasteiger partial charge in [-0.3, -0.25) is 14.9 Å². The van der Waals surface area contributed by atoms with Crippen molar-refractivity contribution in [2.75, 3.05) is 5.75 Å². The van der Waals surface area contributed by atoms with Crippen LogP contribution >= 0.6 is 11.8 Å². The Morgan fingerprint density at radius 2 is 1.70 bits per heavy atom. The number of carbonyl (C=O) groups excluding carboxylic acids is 2. The maximum atomic E-state index is 11.6. The fourth-order valence-corrected chi connectivity index (χ4v) is 2.03. The Balaban J connectivity index is 4.30. The topological polar surface area (TPSA) is 122 Å². The van der Waals surface area contributed by atoms with Gasteiger partial charge in [0.2, 0.25) is 5.91 Å². The first kappa shape index (κ1) is 18.7. The number of carboxylic acids is 1. The van der Waals surface area contributed by atoms with E-state index in [0.29, 0.717) is 0 Å². The van der Waals surface area contributed by atoms with Gasteiger partial charge in [-0.1, -0.05) is 0 Å². The molecule has 0 aromatic heterocycles. The number of nitrogens with one attached hydrogen (secondary N) is 2. The van der Waals surface area contributed by atoms with E-state index in [1.165, 1.54) is 0 Å². The number of nitrogens with two attached hydrogens (primary N) is 1. The summed E-state index contributed by atoms with van der Waals surface area (Å²) in [6.07, 6.45) is 0. The number of rotatable bonds is 5. The quantitative estimate of drug-likeness (QED) is 0.588. The van der Waals surface area contributed by atoms with Crippen molar-refractivity contribution in [1.82, 2.24) is 10.6 Å². The molecule has 0 radical (unpaired) electrons. The molecule has 20 heavy (non-hydrogen) atoms. The van der Waals surface area contributed by atoms with Gasteiger partial charge in [-0.2, -0.15) is 0 Å². The van der Waals surface area contributed by atoms with Crippen LogP contribution < -0.4 is 16.4 Å². The molecule has 0 aliphatic carbocycles. The maximum absolute atomic E-state index is 11.6. The van der Waals surface area contributed by atoms with E-state index in [9.17, 15) is 14.4 Å². The van der Waals surface area contributed by atoms with Crippen molar-refractivity contribution in [3.05, 3.63) is 0 Å². The number of imide groups is 1. The van der Waals surface area contributed by atoms with Gasteiger partial charge in [-0.25, -0.2) is 4.79 Å². The largest absolute Gasteiger partial charge is 0.480 e. The molecule has 5 N–H and O–H groups in total. The summed E-state index contributed by atoms with van der Waals surface area (Å²) in [5.74, 6) is -1.68. The number of aliphatic carboxylic acids is 1. The number of hydrogen-bond donors (Lipinski definition) is 4. The SMILES string of the molecule is CC(C)(C)NC(=O)NC(=O)CSC(C)(C)[C@@H](N)C(=O)O. The van der Waals surface area contributed by atoms with E-state index in [0.717, 1.165) is 11.8 Å². The molecule has 0 aromatic rings. The lowest BCUT2D eigenvalue weighted by Gasteiger charge is -2.27. The molecule has 0 aromatic carbocycles. The van der Waals surface area contributed by atoms with Crippen LogP contribution in [-0.4, -0.2) is 45.1 Å². The minimum atomic E-state index is -1.13. The number of urea groups is 1. The molecule has 0 unspecified atom stereocenters. The molecule has 8 heteroatoms. The van der Waals surface area contributed by atoms with Crippen molar-refractivity contribution in [2.24, 2.45) is 5.73 Å². The molecule has 0 saturated carbocycles. The second-order valence-electron chi connectivity index (χ2n) is 5.96. The molecule has 0 spiro atoms. The second-order valence-corrected chi connectivity index (χ2v) is 7.59. The number of carbonyl (C=O) groups is 3. The van der Waals surface area contributed by atoms with Crippen molar-refractivity contribution in [3.63, 3.8) is 0 Å². The summed E-state index contributed by atoms with van der Waals surface area (Å²) in [6.45, 7) is 8.65. The second kappa shape index (κ2) is 6.94. The van der Waals surface area contributed by atoms with E-state index in [1.54, 1.807) is 34.6 Å². The third-order valence-electron chi connectivity index (χ3n) is 2.33. The average molecular weight is 305 g/mol. The highest BCUT2D eigenvalue weighted by Gasteiger charge is 2.33. The minimum Gasteiger partial charge on any atom is -0.480 e. The smallest absolute Gasteiger partial charge is 0.321 e. The van der Waals surface area contributed by atoms with Gasteiger partial charge in [-0.05, 0) is 34.6 Å².